The number of aliphatic hydroxyl groups excluding tert-OH is 1. The number of benzene rings is 1. The van der Waals surface area contributed by atoms with E-state index in [-0.39, 0.29) is 18.3 Å². The second-order valence-electron chi connectivity index (χ2n) is 7.15. The highest BCUT2D eigenvalue weighted by atomic mass is 16.7. The van der Waals surface area contributed by atoms with Gasteiger partial charge in [0.25, 0.3) is 0 Å². The summed E-state index contributed by atoms with van der Waals surface area (Å²) >= 11 is 0. The summed E-state index contributed by atoms with van der Waals surface area (Å²) in [7, 11) is 0. The third-order valence-corrected chi connectivity index (χ3v) is 4.15. The van der Waals surface area contributed by atoms with Crippen LogP contribution in [0.15, 0.2) is 18.2 Å². The molecule has 2 aliphatic rings. The highest BCUT2D eigenvalue weighted by Gasteiger charge is 2.40. The van der Waals surface area contributed by atoms with Crippen LogP contribution in [0.25, 0.3) is 0 Å². The van der Waals surface area contributed by atoms with E-state index < -0.39 is 5.79 Å². The number of fused-ring (bicyclic) bond motifs is 1. The molecule has 1 aromatic rings. The standard InChI is InChI=1S/C17H24O4/c1-16(2)9-12(15(10-18)19-16)7-11-5-6-13-14(8-11)21-17(3,4)20-13/h5-6,8,12,15,18H,7,9-10H2,1-4H3/t12?,15-/m1/s1. The minimum absolute atomic E-state index is 0.0751. The van der Waals surface area contributed by atoms with E-state index in [1.54, 1.807) is 0 Å². The SMILES string of the molecule is CC1(C)CC(Cc2ccc3c(c2)OC(C)(C)O3)[C@@H](CO)O1. The van der Waals surface area contributed by atoms with Crippen LogP contribution < -0.4 is 9.47 Å². The first kappa shape index (κ1) is 14.7. The molecule has 21 heavy (non-hydrogen) atoms. The van der Waals surface area contributed by atoms with Gasteiger partial charge >= 0.3 is 0 Å². The van der Waals surface area contributed by atoms with Gasteiger partial charge in [0.15, 0.2) is 11.5 Å². The van der Waals surface area contributed by atoms with Crippen LogP contribution in [0.3, 0.4) is 0 Å². The van der Waals surface area contributed by atoms with Crippen LogP contribution in [-0.4, -0.2) is 29.2 Å². The summed E-state index contributed by atoms with van der Waals surface area (Å²) in [6.07, 6.45) is 1.76. The third kappa shape index (κ3) is 3.01. The summed E-state index contributed by atoms with van der Waals surface area (Å²) < 4.78 is 17.4. The van der Waals surface area contributed by atoms with Crippen LogP contribution in [-0.2, 0) is 11.2 Å². The Morgan fingerprint density at radius 2 is 1.86 bits per heavy atom. The Morgan fingerprint density at radius 1 is 1.14 bits per heavy atom. The van der Waals surface area contributed by atoms with Crippen molar-refractivity contribution in [3.63, 3.8) is 0 Å². The van der Waals surface area contributed by atoms with Crippen LogP contribution in [0, 0.1) is 5.92 Å². The zero-order valence-electron chi connectivity index (χ0n) is 13.2. The summed E-state index contributed by atoms with van der Waals surface area (Å²) in [5, 5.41) is 9.50. The van der Waals surface area contributed by atoms with Gasteiger partial charge in [-0.2, -0.15) is 0 Å². The lowest BCUT2D eigenvalue weighted by atomic mass is 9.88. The molecule has 2 heterocycles. The molecule has 1 unspecified atom stereocenters. The summed E-state index contributed by atoms with van der Waals surface area (Å²) in [5.41, 5.74) is 1.04. The van der Waals surface area contributed by atoms with Gasteiger partial charge in [-0.3, -0.25) is 0 Å². The van der Waals surface area contributed by atoms with Gasteiger partial charge in [-0.15, -0.1) is 0 Å². The Morgan fingerprint density at radius 3 is 2.57 bits per heavy atom. The molecule has 1 fully saturated rings. The number of hydrogen-bond acceptors (Lipinski definition) is 4. The van der Waals surface area contributed by atoms with Gasteiger partial charge in [0.1, 0.15) is 0 Å². The van der Waals surface area contributed by atoms with Gasteiger partial charge < -0.3 is 19.3 Å². The molecule has 0 bridgehead atoms. The fraction of sp³-hybridized carbons (Fsp3) is 0.647. The van der Waals surface area contributed by atoms with Crippen molar-refractivity contribution in [1.82, 2.24) is 0 Å². The maximum atomic E-state index is 9.50. The van der Waals surface area contributed by atoms with Gasteiger partial charge in [0, 0.05) is 13.8 Å². The number of aliphatic hydroxyl groups is 1. The lowest BCUT2D eigenvalue weighted by molar-refractivity contribution is -0.0443. The summed E-state index contributed by atoms with van der Waals surface area (Å²) in [6.45, 7) is 8.05. The van der Waals surface area contributed by atoms with E-state index in [1.807, 2.05) is 26.0 Å². The number of ether oxygens (including phenoxy) is 3. The molecule has 0 aliphatic carbocycles. The van der Waals surface area contributed by atoms with Gasteiger partial charge in [0.05, 0.1) is 18.3 Å². The fourth-order valence-corrected chi connectivity index (χ4v) is 3.40. The lowest BCUT2D eigenvalue weighted by Gasteiger charge is -2.18. The molecule has 3 rings (SSSR count). The van der Waals surface area contributed by atoms with Crippen molar-refractivity contribution in [3.8, 4) is 11.5 Å². The summed E-state index contributed by atoms with van der Waals surface area (Å²) in [5.74, 6) is 1.34. The van der Waals surface area contributed by atoms with Gasteiger partial charge in [-0.05, 0) is 50.3 Å². The van der Waals surface area contributed by atoms with E-state index in [9.17, 15) is 5.11 Å². The highest BCUT2D eigenvalue weighted by Crippen LogP contribution is 2.41. The molecular formula is C17H24O4. The predicted molar refractivity (Wildman–Crippen MR) is 79.6 cm³/mol. The van der Waals surface area contributed by atoms with E-state index in [4.69, 9.17) is 14.2 Å². The molecule has 2 atom stereocenters. The molecule has 1 aromatic carbocycles. The van der Waals surface area contributed by atoms with E-state index >= 15 is 0 Å². The van der Waals surface area contributed by atoms with Gasteiger partial charge in [-0.25, -0.2) is 0 Å². The molecule has 1 saturated heterocycles. The molecule has 0 amide bonds. The van der Waals surface area contributed by atoms with Crippen molar-refractivity contribution in [1.29, 1.82) is 0 Å². The minimum Gasteiger partial charge on any atom is -0.449 e. The molecule has 4 nitrogen and oxygen atoms in total. The highest BCUT2D eigenvalue weighted by molar-refractivity contribution is 5.45. The Hall–Kier alpha value is -1.26. The van der Waals surface area contributed by atoms with Crippen LogP contribution in [0.1, 0.15) is 39.7 Å². The monoisotopic (exact) mass is 292 g/mol. The van der Waals surface area contributed by atoms with Crippen molar-refractivity contribution in [2.75, 3.05) is 6.61 Å². The maximum Gasteiger partial charge on any atom is 0.246 e. The molecule has 1 N–H and O–H groups in total. The van der Waals surface area contributed by atoms with E-state index in [2.05, 4.69) is 19.9 Å². The van der Waals surface area contributed by atoms with Crippen LogP contribution in [0.4, 0.5) is 0 Å². The Kier molecular flexibility index (Phi) is 3.41. The second-order valence-corrected chi connectivity index (χ2v) is 7.15. The molecule has 2 aliphatic heterocycles. The third-order valence-electron chi connectivity index (χ3n) is 4.15. The van der Waals surface area contributed by atoms with E-state index in [0.717, 1.165) is 24.3 Å². The first-order valence-electron chi connectivity index (χ1n) is 7.58. The lowest BCUT2D eigenvalue weighted by Crippen LogP contribution is -2.29. The number of rotatable bonds is 3. The van der Waals surface area contributed by atoms with Gasteiger partial charge in [0.2, 0.25) is 5.79 Å². The normalized spacial score (nSPS) is 28.8. The first-order chi connectivity index (χ1) is 9.78. The Bertz CT molecular complexity index is 536. The van der Waals surface area contributed by atoms with Crippen molar-refractivity contribution >= 4 is 0 Å². The predicted octanol–water partition coefficient (Wildman–Crippen LogP) is 2.91. The van der Waals surface area contributed by atoms with Crippen molar-refractivity contribution < 1.29 is 19.3 Å². The van der Waals surface area contributed by atoms with Crippen LogP contribution in [0.5, 0.6) is 11.5 Å². The van der Waals surface area contributed by atoms with Crippen molar-refractivity contribution in [2.45, 2.75) is 58.0 Å². The molecule has 0 spiro atoms. The topological polar surface area (TPSA) is 47.9 Å². The zero-order valence-corrected chi connectivity index (χ0v) is 13.2. The zero-order chi connectivity index (χ0) is 15.3. The Balaban J connectivity index is 1.75. The first-order valence-corrected chi connectivity index (χ1v) is 7.58. The van der Waals surface area contributed by atoms with Crippen molar-refractivity contribution in [2.24, 2.45) is 5.92 Å². The largest absolute Gasteiger partial charge is 0.449 e. The second kappa shape index (κ2) is 4.89. The van der Waals surface area contributed by atoms with Gasteiger partial charge in [-0.1, -0.05) is 6.07 Å². The molecule has 0 aromatic heterocycles. The van der Waals surface area contributed by atoms with Crippen LogP contribution in [0.2, 0.25) is 0 Å². The minimum atomic E-state index is -0.590. The molecule has 0 radical (unpaired) electrons. The number of hydrogen-bond donors (Lipinski definition) is 1. The summed E-state index contributed by atoms with van der Waals surface area (Å²) in [4.78, 5) is 0. The average molecular weight is 292 g/mol. The molecule has 116 valence electrons. The van der Waals surface area contributed by atoms with Crippen molar-refractivity contribution in [3.05, 3.63) is 23.8 Å². The van der Waals surface area contributed by atoms with Crippen LogP contribution >= 0.6 is 0 Å². The van der Waals surface area contributed by atoms with E-state index in [1.165, 1.54) is 5.56 Å². The molecule has 0 saturated carbocycles. The molecular weight excluding hydrogens is 268 g/mol. The fourth-order valence-electron chi connectivity index (χ4n) is 3.40. The Labute approximate surface area is 126 Å². The maximum absolute atomic E-state index is 9.50. The smallest absolute Gasteiger partial charge is 0.246 e. The molecule has 4 heteroatoms. The average Bonchev–Trinajstić information content (AvgIpc) is 2.83. The summed E-state index contributed by atoms with van der Waals surface area (Å²) in [6, 6.07) is 6.08. The quantitative estimate of drug-likeness (QED) is 0.930. The van der Waals surface area contributed by atoms with E-state index in [0.29, 0.717) is 5.92 Å².